The predicted molar refractivity (Wildman–Crippen MR) is 101 cm³/mol. The smallest absolute Gasteiger partial charge is 0.234 e. The van der Waals surface area contributed by atoms with Crippen LogP contribution in [0.4, 0.5) is 0 Å². The molecule has 7 heteroatoms. The van der Waals surface area contributed by atoms with E-state index in [-0.39, 0.29) is 0 Å². The SMILES string of the molecule is CCOc1ccc(-c2nn3c(Cc4ccc(OC)cc4)nnc3s2)cc1. The zero-order valence-electron chi connectivity index (χ0n) is 14.5. The first kappa shape index (κ1) is 16.5. The van der Waals surface area contributed by atoms with Crippen molar-refractivity contribution in [3.63, 3.8) is 0 Å². The lowest BCUT2D eigenvalue weighted by Crippen LogP contribution is -1.98. The Bertz CT molecular complexity index is 1010. The van der Waals surface area contributed by atoms with Crippen LogP contribution in [0, 0.1) is 0 Å². The quantitative estimate of drug-likeness (QED) is 0.519. The number of hydrogen-bond donors (Lipinski definition) is 0. The molecule has 0 aliphatic carbocycles. The van der Waals surface area contributed by atoms with Crippen molar-refractivity contribution in [2.75, 3.05) is 13.7 Å². The van der Waals surface area contributed by atoms with Gasteiger partial charge in [-0.15, -0.1) is 10.2 Å². The lowest BCUT2D eigenvalue weighted by Gasteiger charge is -2.03. The number of nitrogens with zero attached hydrogens (tertiary/aromatic N) is 4. The number of methoxy groups -OCH3 is 1. The van der Waals surface area contributed by atoms with E-state index in [0.29, 0.717) is 13.0 Å². The van der Waals surface area contributed by atoms with Gasteiger partial charge in [0.05, 0.1) is 13.7 Å². The maximum absolute atomic E-state index is 5.49. The van der Waals surface area contributed by atoms with Gasteiger partial charge in [0.15, 0.2) is 5.82 Å². The fourth-order valence-electron chi connectivity index (χ4n) is 2.67. The van der Waals surface area contributed by atoms with Crippen LogP contribution in [-0.2, 0) is 6.42 Å². The van der Waals surface area contributed by atoms with Gasteiger partial charge >= 0.3 is 0 Å². The molecule has 0 fully saturated rings. The first-order chi connectivity index (χ1) is 12.8. The molecule has 0 saturated carbocycles. The average molecular weight is 366 g/mol. The highest BCUT2D eigenvalue weighted by Gasteiger charge is 2.13. The molecule has 6 nitrogen and oxygen atoms in total. The number of aromatic nitrogens is 4. The Labute approximate surface area is 155 Å². The minimum atomic E-state index is 0.658. The van der Waals surface area contributed by atoms with E-state index in [0.717, 1.165) is 38.4 Å². The molecule has 0 radical (unpaired) electrons. The Kier molecular flexibility index (Phi) is 4.53. The van der Waals surface area contributed by atoms with E-state index in [4.69, 9.17) is 14.6 Å². The molecule has 26 heavy (non-hydrogen) atoms. The fourth-order valence-corrected chi connectivity index (χ4v) is 3.53. The molecule has 0 spiro atoms. The molecule has 2 aromatic heterocycles. The van der Waals surface area contributed by atoms with Crippen LogP contribution in [0.25, 0.3) is 15.5 Å². The highest BCUT2D eigenvalue weighted by molar-refractivity contribution is 7.19. The molecule has 0 N–H and O–H groups in total. The van der Waals surface area contributed by atoms with E-state index in [1.54, 1.807) is 7.11 Å². The van der Waals surface area contributed by atoms with Gasteiger partial charge in [0, 0.05) is 12.0 Å². The van der Waals surface area contributed by atoms with E-state index in [2.05, 4.69) is 10.2 Å². The van der Waals surface area contributed by atoms with Gasteiger partial charge in [-0.1, -0.05) is 23.5 Å². The molecule has 2 aromatic carbocycles. The summed E-state index contributed by atoms with van der Waals surface area (Å²) in [7, 11) is 1.66. The predicted octanol–water partition coefficient (Wildman–Crippen LogP) is 3.85. The van der Waals surface area contributed by atoms with Crippen molar-refractivity contribution in [2.24, 2.45) is 0 Å². The summed E-state index contributed by atoms with van der Waals surface area (Å²) in [4.78, 5) is 0.789. The van der Waals surface area contributed by atoms with Crippen LogP contribution in [0.5, 0.6) is 11.5 Å². The number of fused-ring (bicyclic) bond motifs is 1. The van der Waals surface area contributed by atoms with Crippen molar-refractivity contribution >= 4 is 16.3 Å². The second-order valence-corrected chi connectivity index (χ2v) is 6.66. The summed E-state index contributed by atoms with van der Waals surface area (Å²) < 4.78 is 12.5. The highest BCUT2D eigenvalue weighted by Crippen LogP contribution is 2.27. The van der Waals surface area contributed by atoms with E-state index in [9.17, 15) is 0 Å². The Morgan fingerprint density at radius 2 is 1.69 bits per heavy atom. The lowest BCUT2D eigenvalue weighted by atomic mass is 10.1. The lowest BCUT2D eigenvalue weighted by molar-refractivity contribution is 0.340. The molecule has 4 rings (SSSR count). The third kappa shape index (κ3) is 3.25. The molecule has 0 atom stereocenters. The van der Waals surface area contributed by atoms with Gasteiger partial charge < -0.3 is 9.47 Å². The maximum Gasteiger partial charge on any atom is 0.234 e. The molecule has 0 aliphatic heterocycles. The molecule has 0 amide bonds. The summed E-state index contributed by atoms with van der Waals surface area (Å²) in [5, 5.41) is 14.1. The standard InChI is InChI=1S/C19H18N4O2S/c1-3-25-16-10-6-14(7-11-16)18-22-23-17(20-21-19(23)26-18)12-13-4-8-15(24-2)9-5-13/h4-11H,3,12H2,1-2H3. The van der Waals surface area contributed by atoms with Gasteiger partial charge in [-0.05, 0) is 48.9 Å². The zero-order chi connectivity index (χ0) is 17.9. The number of hydrogen-bond acceptors (Lipinski definition) is 6. The Morgan fingerprint density at radius 3 is 2.38 bits per heavy atom. The number of benzene rings is 2. The molecule has 0 aliphatic rings. The topological polar surface area (TPSA) is 61.5 Å². The molecule has 0 unspecified atom stereocenters. The van der Waals surface area contributed by atoms with Crippen molar-refractivity contribution < 1.29 is 9.47 Å². The van der Waals surface area contributed by atoms with E-state index in [1.165, 1.54) is 11.3 Å². The van der Waals surface area contributed by atoms with Crippen molar-refractivity contribution in [3.05, 3.63) is 59.9 Å². The summed E-state index contributed by atoms with van der Waals surface area (Å²) in [6.45, 7) is 2.63. The monoisotopic (exact) mass is 366 g/mol. The van der Waals surface area contributed by atoms with Gasteiger partial charge in [-0.3, -0.25) is 0 Å². The van der Waals surface area contributed by atoms with Crippen molar-refractivity contribution in [2.45, 2.75) is 13.3 Å². The van der Waals surface area contributed by atoms with Crippen molar-refractivity contribution in [1.29, 1.82) is 0 Å². The van der Waals surface area contributed by atoms with Gasteiger partial charge in [0.2, 0.25) is 4.96 Å². The molecule has 132 valence electrons. The third-order valence-corrected chi connectivity index (χ3v) is 4.94. The number of ether oxygens (including phenoxy) is 2. The van der Waals surface area contributed by atoms with Crippen LogP contribution < -0.4 is 9.47 Å². The van der Waals surface area contributed by atoms with Crippen LogP contribution in [0.15, 0.2) is 48.5 Å². The molecule has 4 aromatic rings. The third-order valence-electron chi connectivity index (χ3n) is 3.99. The first-order valence-electron chi connectivity index (χ1n) is 8.34. The zero-order valence-corrected chi connectivity index (χ0v) is 15.4. The Morgan fingerprint density at radius 1 is 0.962 bits per heavy atom. The van der Waals surface area contributed by atoms with Crippen LogP contribution >= 0.6 is 11.3 Å². The van der Waals surface area contributed by atoms with Gasteiger partial charge in [0.25, 0.3) is 0 Å². The number of rotatable bonds is 6. The van der Waals surface area contributed by atoms with Crippen molar-refractivity contribution in [1.82, 2.24) is 19.8 Å². The highest BCUT2D eigenvalue weighted by atomic mass is 32.1. The van der Waals surface area contributed by atoms with Crippen LogP contribution in [0.3, 0.4) is 0 Å². The molecule has 0 saturated heterocycles. The minimum absolute atomic E-state index is 0.658. The summed E-state index contributed by atoms with van der Waals surface area (Å²) in [6, 6.07) is 15.9. The van der Waals surface area contributed by atoms with Crippen LogP contribution in [-0.4, -0.2) is 33.5 Å². The second kappa shape index (κ2) is 7.13. The Balaban J connectivity index is 1.59. The minimum Gasteiger partial charge on any atom is -0.497 e. The maximum atomic E-state index is 5.49. The summed E-state index contributed by atoms with van der Waals surface area (Å²) >= 11 is 1.52. The Hall–Kier alpha value is -2.93. The molecular formula is C19H18N4O2S. The summed E-state index contributed by atoms with van der Waals surface area (Å²) in [5.74, 6) is 2.52. The largest absolute Gasteiger partial charge is 0.497 e. The van der Waals surface area contributed by atoms with Crippen LogP contribution in [0.2, 0.25) is 0 Å². The second-order valence-electron chi connectivity index (χ2n) is 5.70. The van der Waals surface area contributed by atoms with Crippen LogP contribution in [0.1, 0.15) is 18.3 Å². The normalized spacial score (nSPS) is 11.0. The van der Waals surface area contributed by atoms with Gasteiger partial charge in [-0.25, -0.2) is 0 Å². The van der Waals surface area contributed by atoms with Gasteiger partial charge in [0.1, 0.15) is 16.5 Å². The molecule has 0 bridgehead atoms. The van der Waals surface area contributed by atoms with Crippen molar-refractivity contribution in [3.8, 4) is 22.1 Å². The first-order valence-corrected chi connectivity index (χ1v) is 9.15. The van der Waals surface area contributed by atoms with E-state index < -0.39 is 0 Å². The summed E-state index contributed by atoms with van der Waals surface area (Å²) in [6.07, 6.45) is 0.664. The van der Waals surface area contributed by atoms with E-state index >= 15 is 0 Å². The average Bonchev–Trinajstić information content (AvgIpc) is 3.25. The fraction of sp³-hybridized carbons (Fsp3) is 0.211. The molecular weight excluding hydrogens is 348 g/mol. The summed E-state index contributed by atoms with van der Waals surface area (Å²) in [5.41, 5.74) is 2.18. The molecule has 2 heterocycles. The van der Waals surface area contributed by atoms with Gasteiger partial charge in [-0.2, -0.15) is 9.61 Å². The van der Waals surface area contributed by atoms with E-state index in [1.807, 2.05) is 60.0 Å².